The molecule has 2 N–H and O–H groups in total. The monoisotopic (exact) mass is 417 g/mol. The third kappa shape index (κ3) is 5.88. The Labute approximate surface area is 172 Å². The summed E-state index contributed by atoms with van der Waals surface area (Å²) in [7, 11) is -2.28. The Morgan fingerprint density at radius 1 is 1.03 bits per heavy atom. The molecule has 0 saturated carbocycles. The van der Waals surface area contributed by atoms with Crippen molar-refractivity contribution in [2.24, 2.45) is 0 Å². The highest BCUT2D eigenvalue weighted by Crippen LogP contribution is 2.25. The highest BCUT2D eigenvalue weighted by Gasteiger charge is 2.31. The zero-order valence-corrected chi connectivity index (χ0v) is 17.9. The topological polar surface area (TPSA) is 95.6 Å². The fourth-order valence-corrected chi connectivity index (χ4v) is 3.35. The zero-order valence-electron chi connectivity index (χ0n) is 17.0. The summed E-state index contributed by atoms with van der Waals surface area (Å²) in [5.74, 6) is -0.851. The SMILES string of the molecule is CC[C@H](C)NC(=O)c1ccccc1NC(=O)[C@@H](c1ccccc1)N(C)S(C)(=O)=O. The van der Waals surface area contributed by atoms with Crippen LogP contribution in [0.1, 0.15) is 42.2 Å². The van der Waals surface area contributed by atoms with Gasteiger partial charge < -0.3 is 10.6 Å². The quantitative estimate of drug-likeness (QED) is 0.690. The lowest BCUT2D eigenvalue weighted by Crippen LogP contribution is -2.38. The van der Waals surface area contributed by atoms with Gasteiger partial charge in [-0.3, -0.25) is 9.59 Å². The second kappa shape index (κ2) is 9.67. The number of hydrogen-bond acceptors (Lipinski definition) is 4. The molecular weight excluding hydrogens is 390 g/mol. The van der Waals surface area contributed by atoms with Gasteiger partial charge in [0.1, 0.15) is 6.04 Å². The van der Waals surface area contributed by atoms with Crippen LogP contribution in [0.25, 0.3) is 0 Å². The highest BCUT2D eigenvalue weighted by molar-refractivity contribution is 7.88. The average Bonchev–Trinajstić information content (AvgIpc) is 2.68. The van der Waals surface area contributed by atoms with E-state index in [9.17, 15) is 18.0 Å². The molecule has 0 radical (unpaired) electrons. The second-order valence-corrected chi connectivity index (χ2v) is 8.95. The molecule has 8 heteroatoms. The first-order valence-corrected chi connectivity index (χ1v) is 11.2. The lowest BCUT2D eigenvalue weighted by Gasteiger charge is -2.26. The number of hydrogen-bond donors (Lipinski definition) is 2. The lowest BCUT2D eigenvalue weighted by atomic mass is 10.1. The molecule has 156 valence electrons. The van der Waals surface area contributed by atoms with Crippen molar-refractivity contribution in [3.63, 3.8) is 0 Å². The molecule has 0 aromatic heterocycles. The van der Waals surface area contributed by atoms with Crippen LogP contribution in [0, 0.1) is 0 Å². The van der Waals surface area contributed by atoms with Crippen molar-refractivity contribution < 1.29 is 18.0 Å². The molecule has 0 aliphatic heterocycles. The van der Waals surface area contributed by atoms with E-state index < -0.39 is 22.0 Å². The molecule has 2 aromatic carbocycles. The summed E-state index contributed by atoms with van der Waals surface area (Å²) in [6, 6.07) is 14.2. The Morgan fingerprint density at radius 3 is 2.21 bits per heavy atom. The molecule has 2 rings (SSSR count). The molecular formula is C21H27N3O4S. The van der Waals surface area contributed by atoms with E-state index in [0.29, 0.717) is 16.8 Å². The Hall–Kier alpha value is -2.71. The number of likely N-dealkylation sites (N-methyl/N-ethyl adjacent to an activating group) is 1. The van der Waals surface area contributed by atoms with Crippen LogP contribution >= 0.6 is 0 Å². The smallest absolute Gasteiger partial charge is 0.253 e. The molecule has 2 amide bonds. The van der Waals surface area contributed by atoms with Gasteiger partial charge in [-0.15, -0.1) is 0 Å². The molecule has 29 heavy (non-hydrogen) atoms. The van der Waals surface area contributed by atoms with Crippen molar-refractivity contribution in [1.82, 2.24) is 9.62 Å². The second-order valence-electron chi connectivity index (χ2n) is 6.91. The summed E-state index contributed by atoms with van der Waals surface area (Å²) in [5.41, 5.74) is 1.16. The van der Waals surface area contributed by atoms with Gasteiger partial charge >= 0.3 is 0 Å². The van der Waals surface area contributed by atoms with Crippen LogP contribution in [0.15, 0.2) is 54.6 Å². The van der Waals surface area contributed by atoms with Gasteiger partial charge in [0.05, 0.1) is 17.5 Å². The molecule has 0 fully saturated rings. The van der Waals surface area contributed by atoms with Crippen LogP contribution in [-0.2, 0) is 14.8 Å². The van der Waals surface area contributed by atoms with Gasteiger partial charge in [0.2, 0.25) is 15.9 Å². The number of carbonyl (C=O) groups is 2. The Kier molecular flexibility index (Phi) is 7.53. The standard InChI is InChI=1S/C21H27N3O4S/c1-5-15(2)22-20(25)17-13-9-10-14-18(17)23-21(26)19(24(3)29(4,27)28)16-11-7-6-8-12-16/h6-15,19H,5H2,1-4H3,(H,22,25)(H,23,26)/t15-,19+/m0/s1. The number of para-hydroxylation sites is 1. The first-order valence-electron chi connectivity index (χ1n) is 9.33. The summed E-state index contributed by atoms with van der Waals surface area (Å²) in [6.45, 7) is 3.86. The lowest BCUT2D eigenvalue weighted by molar-refractivity contribution is -0.119. The van der Waals surface area contributed by atoms with Gasteiger partial charge in [-0.25, -0.2) is 8.42 Å². The summed E-state index contributed by atoms with van der Waals surface area (Å²) in [4.78, 5) is 25.7. The molecule has 0 saturated heterocycles. The van der Waals surface area contributed by atoms with Gasteiger partial charge in [0.25, 0.3) is 5.91 Å². The number of rotatable bonds is 8. The molecule has 0 aliphatic rings. The maximum atomic E-state index is 13.1. The third-order valence-electron chi connectivity index (χ3n) is 4.67. The van der Waals surface area contributed by atoms with Crippen LogP contribution in [0.2, 0.25) is 0 Å². The first kappa shape index (κ1) is 22.6. The van der Waals surface area contributed by atoms with E-state index in [1.165, 1.54) is 7.05 Å². The first-order chi connectivity index (χ1) is 13.6. The van der Waals surface area contributed by atoms with Crippen molar-refractivity contribution in [2.75, 3.05) is 18.6 Å². The average molecular weight is 418 g/mol. The third-order valence-corrected chi connectivity index (χ3v) is 5.93. The van der Waals surface area contributed by atoms with Gasteiger partial charge in [0, 0.05) is 13.1 Å². The summed E-state index contributed by atoms with van der Waals surface area (Å²) in [5, 5.41) is 5.60. The van der Waals surface area contributed by atoms with Crippen molar-refractivity contribution >= 4 is 27.5 Å². The predicted molar refractivity (Wildman–Crippen MR) is 114 cm³/mol. The van der Waals surface area contributed by atoms with E-state index in [1.807, 2.05) is 13.8 Å². The fourth-order valence-electron chi connectivity index (χ4n) is 2.75. The number of carbonyl (C=O) groups excluding carboxylic acids is 2. The normalized spacial score (nSPS) is 13.6. The number of sulfonamides is 1. The minimum atomic E-state index is -3.64. The molecule has 0 unspecified atom stereocenters. The fraction of sp³-hybridized carbons (Fsp3) is 0.333. The molecule has 7 nitrogen and oxygen atoms in total. The van der Waals surface area contributed by atoms with Gasteiger partial charge in [0.15, 0.2) is 0 Å². The predicted octanol–water partition coefficient (Wildman–Crippen LogP) is 2.79. The van der Waals surface area contributed by atoms with Crippen molar-refractivity contribution in [2.45, 2.75) is 32.4 Å². The molecule has 0 heterocycles. The number of benzene rings is 2. The molecule has 0 aliphatic carbocycles. The zero-order chi connectivity index (χ0) is 21.6. The van der Waals surface area contributed by atoms with Crippen LogP contribution in [-0.4, -0.2) is 43.9 Å². The number of nitrogens with zero attached hydrogens (tertiary/aromatic N) is 1. The van der Waals surface area contributed by atoms with Crippen molar-refractivity contribution in [3.05, 3.63) is 65.7 Å². The molecule has 2 atom stereocenters. The summed E-state index contributed by atoms with van der Waals surface area (Å²) in [6.07, 6.45) is 1.82. The summed E-state index contributed by atoms with van der Waals surface area (Å²) < 4.78 is 25.2. The van der Waals surface area contributed by atoms with Crippen LogP contribution in [0.4, 0.5) is 5.69 Å². The van der Waals surface area contributed by atoms with E-state index in [0.717, 1.165) is 17.0 Å². The van der Waals surface area contributed by atoms with Gasteiger partial charge in [-0.05, 0) is 31.0 Å². The van der Waals surface area contributed by atoms with Crippen LogP contribution in [0.3, 0.4) is 0 Å². The van der Waals surface area contributed by atoms with Crippen molar-refractivity contribution in [1.29, 1.82) is 0 Å². The van der Waals surface area contributed by atoms with Crippen LogP contribution in [0.5, 0.6) is 0 Å². The van der Waals surface area contributed by atoms with Crippen LogP contribution < -0.4 is 10.6 Å². The number of amides is 2. The summed E-state index contributed by atoms with van der Waals surface area (Å²) >= 11 is 0. The Morgan fingerprint density at radius 2 is 1.62 bits per heavy atom. The highest BCUT2D eigenvalue weighted by atomic mass is 32.2. The molecule has 0 spiro atoms. The van der Waals surface area contributed by atoms with E-state index in [2.05, 4.69) is 10.6 Å². The molecule has 2 aromatic rings. The largest absolute Gasteiger partial charge is 0.350 e. The van der Waals surface area contributed by atoms with E-state index in [-0.39, 0.29) is 11.9 Å². The minimum Gasteiger partial charge on any atom is -0.350 e. The molecule has 0 bridgehead atoms. The van der Waals surface area contributed by atoms with E-state index >= 15 is 0 Å². The maximum absolute atomic E-state index is 13.1. The van der Waals surface area contributed by atoms with Gasteiger partial charge in [-0.1, -0.05) is 49.4 Å². The Bertz CT molecular complexity index is 961. The number of nitrogens with one attached hydrogen (secondary N) is 2. The Balaban J connectivity index is 2.37. The van der Waals surface area contributed by atoms with E-state index in [4.69, 9.17) is 0 Å². The maximum Gasteiger partial charge on any atom is 0.253 e. The van der Waals surface area contributed by atoms with Gasteiger partial charge in [-0.2, -0.15) is 4.31 Å². The van der Waals surface area contributed by atoms with E-state index in [1.54, 1.807) is 54.6 Å². The van der Waals surface area contributed by atoms with Crippen molar-refractivity contribution in [3.8, 4) is 0 Å². The number of anilines is 1. The minimum absolute atomic E-state index is 0.0142.